The van der Waals surface area contributed by atoms with Gasteiger partial charge in [0.25, 0.3) is 0 Å². The van der Waals surface area contributed by atoms with E-state index in [9.17, 15) is 4.79 Å². The molecule has 1 heterocycles. The second kappa shape index (κ2) is 7.64. The van der Waals surface area contributed by atoms with E-state index >= 15 is 0 Å². The number of carbonyl (C=O) groups is 1. The topological polar surface area (TPSA) is 36.7 Å². The second-order valence-electron chi connectivity index (χ2n) is 6.16. The van der Waals surface area contributed by atoms with Crippen molar-refractivity contribution >= 4 is 5.91 Å². The number of furan rings is 1. The maximum atomic E-state index is 12.5. The molecule has 0 bridgehead atoms. The zero-order valence-electron chi connectivity index (χ0n) is 13.6. The molecule has 1 aromatic heterocycles. The zero-order chi connectivity index (χ0) is 15.2. The molecule has 0 saturated heterocycles. The SMILES string of the molecule is CCN(C(=O)CN(C)Cc1ccc(C)o1)C1CCCCC1. The summed E-state index contributed by atoms with van der Waals surface area (Å²) in [6.07, 6.45) is 6.17. The highest BCUT2D eigenvalue weighted by Crippen LogP contribution is 2.22. The molecule has 0 unspecified atom stereocenters. The fourth-order valence-corrected chi connectivity index (χ4v) is 3.24. The molecule has 0 atom stereocenters. The highest BCUT2D eigenvalue weighted by Gasteiger charge is 2.24. The van der Waals surface area contributed by atoms with Gasteiger partial charge in [0.1, 0.15) is 11.5 Å². The molecule has 2 rings (SSSR count). The summed E-state index contributed by atoms with van der Waals surface area (Å²) in [5.74, 6) is 2.08. The fraction of sp³-hybridized carbons (Fsp3) is 0.706. The van der Waals surface area contributed by atoms with E-state index < -0.39 is 0 Å². The van der Waals surface area contributed by atoms with E-state index in [0.717, 1.165) is 18.1 Å². The van der Waals surface area contributed by atoms with Gasteiger partial charge >= 0.3 is 0 Å². The summed E-state index contributed by atoms with van der Waals surface area (Å²) >= 11 is 0. The lowest BCUT2D eigenvalue weighted by Gasteiger charge is -2.34. The molecule has 4 heteroatoms. The Morgan fingerprint density at radius 3 is 2.57 bits per heavy atom. The maximum Gasteiger partial charge on any atom is 0.236 e. The summed E-state index contributed by atoms with van der Waals surface area (Å²) in [6, 6.07) is 4.40. The molecule has 1 aliphatic rings. The maximum absolute atomic E-state index is 12.5. The van der Waals surface area contributed by atoms with E-state index in [1.54, 1.807) is 0 Å². The first-order valence-electron chi connectivity index (χ1n) is 8.13. The second-order valence-corrected chi connectivity index (χ2v) is 6.16. The van der Waals surface area contributed by atoms with Crippen molar-refractivity contribution in [3.63, 3.8) is 0 Å². The van der Waals surface area contributed by atoms with Crippen molar-refractivity contribution in [1.29, 1.82) is 0 Å². The van der Waals surface area contributed by atoms with E-state index in [1.165, 1.54) is 32.1 Å². The molecule has 118 valence electrons. The normalized spacial score (nSPS) is 16.4. The first-order valence-corrected chi connectivity index (χ1v) is 8.13. The average molecular weight is 292 g/mol. The number of rotatable bonds is 6. The molecule has 1 fully saturated rings. The van der Waals surface area contributed by atoms with Crippen LogP contribution in [0.25, 0.3) is 0 Å². The zero-order valence-corrected chi connectivity index (χ0v) is 13.6. The molecule has 1 aromatic rings. The third-order valence-corrected chi connectivity index (χ3v) is 4.30. The number of amides is 1. The number of nitrogens with zero attached hydrogens (tertiary/aromatic N) is 2. The molecule has 1 aliphatic carbocycles. The fourth-order valence-electron chi connectivity index (χ4n) is 3.24. The van der Waals surface area contributed by atoms with Gasteiger partial charge in [-0.05, 0) is 45.9 Å². The smallest absolute Gasteiger partial charge is 0.236 e. The summed E-state index contributed by atoms with van der Waals surface area (Å²) in [6.45, 7) is 5.99. The van der Waals surface area contributed by atoms with Crippen LogP contribution in [0.15, 0.2) is 16.5 Å². The van der Waals surface area contributed by atoms with Crippen molar-refractivity contribution in [2.45, 2.75) is 58.5 Å². The third kappa shape index (κ3) is 4.60. The third-order valence-electron chi connectivity index (χ3n) is 4.30. The predicted octanol–water partition coefficient (Wildman–Crippen LogP) is 3.20. The summed E-state index contributed by atoms with van der Waals surface area (Å²) in [5.41, 5.74) is 0. The molecule has 0 aromatic carbocycles. The molecule has 21 heavy (non-hydrogen) atoms. The number of hydrogen-bond donors (Lipinski definition) is 0. The lowest BCUT2D eigenvalue weighted by atomic mass is 9.94. The minimum atomic E-state index is 0.246. The molecule has 0 radical (unpaired) electrons. The Kier molecular flexibility index (Phi) is 5.85. The molecule has 0 spiro atoms. The largest absolute Gasteiger partial charge is 0.465 e. The number of hydrogen-bond acceptors (Lipinski definition) is 3. The van der Waals surface area contributed by atoms with Gasteiger partial charge in [-0.2, -0.15) is 0 Å². The molecular formula is C17H28N2O2. The van der Waals surface area contributed by atoms with Crippen LogP contribution >= 0.6 is 0 Å². The average Bonchev–Trinajstić information content (AvgIpc) is 2.85. The van der Waals surface area contributed by atoms with Crippen LogP contribution in [-0.2, 0) is 11.3 Å². The van der Waals surface area contributed by atoms with E-state index in [1.807, 2.05) is 31.0 Å². The first-order chi connectivity index (χ1) is 10.1. The Morgan fingerprint density at radius 2 is 2.00 bits per heavy atom. The van der Waals surface area contributed by atoms with Crippen molar-refractivity contribution < 1.29 is 9.21 Å². The van der Waals surface area contributed by atoms with Gasteiger partial charge in [0.15, 0.2) is 0 Å². The molecule has 0 aliphatic heterocycles. The molecular weight excluding hydrogens is 264 g/mol. The first kappa shape index (κ1) is 16.1. The van der Waals surface area contributed by atoms with Crippen LogP contribution < -0.4 is 0 Å². The Bertz CT molecular complexity index is 449. The van der Waals surface area contributed by atoms with E-state index in [0.29, 0.717) is 19.1 Å². The van der Waals surface area contributed by atoms with Crippen molar-refractivity contribution in [1.82, 2.24) is 9.80 Å². The highest BCUT2D eigenvalue weighted by molar-refractivity contribution is 5.78. The standard InChI is InChI=1S/C17H28N2O2/c1-4-19(15-8-6-5-7-9-15)17(20)13-18(3)12-16-11-10-14(2)21-16/h10-11,15H,4-9,12-13H2,1-3H3. The summed E-state index contributed by atoms with van der Waals surface area (Å²) < 4.78 is 5.57. The predicted molar refractivity (Wildman–Crippen MR) is 84.0 cm³/mol. The lowest BCUT2D eigenvalue weighted by molar-refractivity contribution is -0.135. The van der Waals surface area contributed by atoms with Gasteiger partial charge in [-0.15, -0.1) is 0 Å². The van der Waals surface area contributed by atoms with Gasteiger partial charge < -0.3 is 9.32 Å². The van der Waals surface area contributed by atoms with Crippen molar-refractivity contribution in [2.24, 2.45) is 0 Å². The van der Waals surface area contributed by atoms with E-state index in [-0.39, 0.29) is 5.91 Å². The molecule has 1 saturated carbocycles. The number of aryl methyl sites for hydroxylation is 1. The van der Waals surface area contributed by atoms with Crippen molar-refractivity contribution in [3.8, 4) is 0 Å². The van der Waals surface area contributed by atoms with Crippen molar-refractivity contribution in [2.75, 3.05) is 20.1 Å². The van der Waals surface area contributed by atoms with Gasteiger partial charge in [0.2, 0.25) is 5.91 Å². The lowest BCUT2D eigenvalue weighted by Crippen LogP contribution is -2.45. The number of likely N-dealkylation sites (N-methyl/N-ethyl adjacent to an activating group) is 2. The van der Waals surface area contributed by atoms with Gasteiger partial charge in [0, 0.05) is 12.6 Å². The van der Waals surface area contributed by atoms with Crippen LogP contribution in [0.5, 0.6) is 0 Å². The Morgan fingerprint density at radius 1 is 1.29 bits per heavy atom. The van der Waals surface area contributed by atoms with E-state index in [4.69, 9.17) is 4.42 Å². The molecule has 1 amide bonds. The van der Waals surface area contributed by atoms with Gasteiger partial charge in [-0.3, -0.25) is 9.69 Å². The quantitative estimate of drug-likeness (QED) is 0.808. The monoisotopic (exact) mass is 292 g/mol. The molecule has 4 nitrogen and oxygen atoms in total. The van der Waals surface area contributed by atoms with Crippen LogP contribution in [0, 0.1) is 6.92 Å². The Labute approximate surface area is 128 Å². The Balaban J connectivity index is 1.85. The number of carbonyl (C=O) groups excluding carboxylic acids is 1. The minimum absolute atomic E-state index is 0.246. The van der Waals surface area contributed by atoms with Gasteiger partial charge in [0.05, 0.1) is 13.1 Å². The Hall–Kier alpha value is -1.29. The van der Waals surface area contributed by atoms with Crippen LogP contribution in [0.4, 0.5) is 0 Å². The summed E-state index contributed by atoms with van der Waals surface area (Å²) in [7, 11) is 1.98. The van der Waals surface area contributed by atoms with Crippen LogP contribution in [0.1, 0.15) is 50.5 Å². The summed E-state index contributed by atoms with van der Waals surface area (Å²) in [5, 5.41) is 0. The van der Waals surface area contributed by atoms with Gasteiger partial charge in [-0.1, -0.05) is 19.3 Å². The van der Waals surface area contributed by atoms with E-state index in [2.05, 4.69) is 11.8 Å². The minimum Gasteiger partial charge on any atom is -0.465 e. The summed E-state index contributed by atoms with van der Waals surface area (Å²) in [4.78, 5) is 16.6. The highest BCUT2D eigenvalue weighted by atomic mass is 16.3. The van der Waals surface area contributed by atoms with Crippen molar-refractivity contribution in [3.05, 3.63) is 23.7 Å². The van der Waals surface area contributed by atoms with Crippen LogP contribution in [-0.4, -0.2) is 41.9 Å². The molecule has 0 N–H and O–H groups in total. The van der Waals surface area contributed by atoms with Crippen LogP contribution in [0.3, 0.4) is 0 Å². The van der Waals surface area contributed by atoms with Gasteiger partial charge in [-0.25, -0.2) is 0 Å². The van der Waals surface area contributed by atoms with Crippen LogP contribution in [0.2, 0.25) is 0 Å².